The van der Waals surface area contributed by atoms with E-state index in [0.717, 1.165) is 18.0 Å². The number of aliphatic imine (C=N–C) groups is 1. The Balaban J connectivity index is 0.00000243. The van der Waals surface area contributed by atoms with E-state index in [9.17, 15) is 0 Å². The standard InChI is InChI=1S/C20H32N4O.HI/c1-25-18-10-8-9-17(15-18)23-19(21)22-16-20(11-4-2-5-12-20)24-13-6-3-7-14-24;/h8-10,15H,2-7,11-14,16H2,1H3,(H3,21,22,23);1H. The van der Waals surface area contributed by atoms with Crippen LogP contribution in [-0.4, -0.2) is 43.1 Å². The number of ether oxygens (including phenoxy) is 1. The molecule has 1 aromatic carbocycles. The highest BCUT2D eigenvalue weighted by atomic mass is 127. The van der Waals surface area contributed by atoms with Gasteiger partial charge in [0.1, 0.15) is 5.75 Å². The quantitative estimate of drug-likeness (QED) is 0.383. The Labute approximate surface area is 174 Å². The summed E-state index contributed by atoms with van der Waals surface area (Å²) in [6.45, 7) is 3.24. The molecule has 1 saturated heterocycles. The number of rotatable bonds is 5. The van der Waals surface area contributed by atoms with Gasteiger partial charge in [0.2, 0.25) is 0 Å². The molecule has 2 aliphatic rings. The van der Waals surface area contributed by atoms with Crippen molar-refractivity contribution in [3.05, 3.63) is 24.3 Å². The Bertz CT molecular complexity index is 581. The number of nitrogens with one attached hydrogen (secondary N) is 1. The summed E-state index contributed by atoms with van der Waals surface area (Å²) in [5, 5.41) is 3.21. The molecular weight excluding hydrogens is 439 g/mol. The van der Waals surface area contributed by atoms with Gasteiger partial charge >= 0.3 is 0 Å². The number of likely N-dealkylation sites (tertiary alicyclic amines) is 1. The van der Waals surface area contributed by atoms with Crippen LogP contribution in [0.1, 0.15) is 51.4 Å². The zero-order valence-corrected chi connectivity index (χ0v) is 18.2. The van der Waals surface area contributed by atoms with Crippen LogP contribution in [-0.2, 0) is 0 Å². The Morgan fingerprint density at radius 3 is 2.54 bits per heavy atom. The normalized spacial score (nSPS) is 20.9. The van der Waals surface area contributed by atoms with Gasteiger partial charge in [0.15, 0.2) is 5.96 Å². The number of piperidine rings is 1. The topological polar surface area (TPSA) is 62.9 Å². The predicted octanol–water partition coefficient (Wildman–Crippen LogP) is 4.23. The van der Waals surface area contributed by atoms with Crippen LogP contribution < -0.4 is 15.8 Å². The minimum Gasteiger partial charge on any atom is -0.497 e. The predicted molar refractivity (Wildman–Crippen MR) is 120 cm³/mol. The minimum absolute atomic E-state index is 0. The molecular formula is C20H33IN4O. The van der Waals surface area contributed by atoms with Crippen molar-refractivity contribution in [2.45, 2.75) is 56.9 Å². The number of benzene rings is 1. The van der Waals surface area contributed by atoms with Gasteiger partial charge in [0.25, 0.3) is 0 Å². The van der Waals surface area contributed by atoms with E-state index in [1.807, 2.05) is 24.3 Å². The summed E-state index contributed by atoms with van der Waals surface area (Å²) >= 11 is 0. The fourth-order valence-corrected chi connectivity index (χ4v) is 4.27. The van der Waals surface area contributed by atoms with E-state index in [-0.39, 0.29) is 29.5 Å². The van der Waals surface area contributed by atoms with E-state index >= 15 is 0 Å². The zero-order valence-electron chi connectivity index (χ0n) is 15.9. The molecule has 1 aliphatic heterocycles. The number of halogens is 1. The maximum absolute atomic E-state index is 6.18. The maximum Gasteiger partial charge on any atom is 0.193 e. The highest BCUT2D eigenvalue weighted by Gasteiger charge is 2.38. The summed E-state index contributed by atoms with van der Waals surface area (Å²) < 4.78 is 5.26. The molecule has 6 heteroatoms. The molecule has 0 bridgehead atoms. The van der Waals surface area contributed by atoms with Crippen molar-refractivity contribution < 1.29 is 4.74 Å². The molecule has 0 aromatic heterocycles. The molecule has 0 amide bonds. The second kappa shape index (κ2) is 10.3. The SMILES string of the molecule is COc1cccc(NC(N)=NCC2(N3CCCCC3)CCCCC2)c1.I. The summed E-state index contributed by atoms with van der Waals surface area (Å²) in [5.41, 5.74) is 7.32. The van der Waals surface area contributed by atoms with E-state index in [0.29, 0.717) is 5.96 Å². The van der Waals surface area contributed by atoms with Crippen LogP contribution in [0.3, 0.4) is 0 Å². The van der Waals surface area contributed by atoms with Crippen LogP contribution in [0.4, 0.5) is 5.69 Å². The van der Waals surface area contributed by atoms with E-state index in [1.165, 1.54) is 64.5 Å². The van der Waals surface area contributed by atoms with Crippen molar-refractivity contribution in [2.24, 2.45) is 10.7 Å². The summed E-state index contributed by atoms with van der Waals surface area (Å²) in [5.74, 6) is 1.31. The number of nitrogens with zero attached hydrogens (tertiary/aromatic N) is 2. The smallest absolute Gasteiger partial charge is 0.193 e. The molecule has 2 fully saturated rings. The Morgan fingerprint density at radius 2 is 1.85 bits per heavy atom. The lowest BCUT2D eigenvalue weighted by molar-refractivity contribution is 0.0408. The molecule has 3 N–H and O–H groups in total. The monoisotopic (exact) mass is 472 g/mol. The van der Waals surface area contributed by atoms with E-state index in [1.54, 1.807) is 7.11 Å². The number of hydrogen-bond acceptors (Lipinski definition) is 3. The van der Waals surface area contributed by atoms with Crippen LogP contribution in [0.15, 0.2) is 29.3 Å². The van der Waals surface area contributed by atoms with E-state index in [4.69, 9.17) is 15.5 Å². The Kier molecular flexibility index (Phi) is 8.47. The molecule has 3 rings (SSSR count). The minimum atomic E-state index is 0. The second-order valence-electron chi connectivity index (χ2n) is 7.39. The molecule has 1 saturated carbocycles. The van der Waals surface area contributed by atoms with Gasteiger partial charge in [-0.05, 0) is 50.9 Å². The molecule has 1 heterocycles. The van der Waals surface area contributed by atoms with Gasteiger partial charge in [-0.3, -0.25) is 9.89 Å². The zero-order chi connectivity index (χ0) is 17.5. The highest BCUT2D eigenvalue weighted by Crippen LogP contribution is 2.35. The third-order valence-corrected chi connectivity index (χ3v) is 5.70. The van der Waals surface area contributed by atoms with Gasteiger partial charge in [-0.1, -0.05) is 31.7 Å². The largest absolute Gasteiger partial charge is 0.497 e. The van der Waals surface area contributed by atoms with Gasteiger partial charge in [-0.15, -0.1) is 24.0 Å². The van der Waals surface area contributed by atoms with Crippen LogP contribution in [0, 0.1) is 0 Å². The maximum atomic E-state index is 6.18. The van der Waals surface area contributed by atoms with E-state index in [2.05, 4.69) is 10.2 Å². The Hall–Kier alpha value is -1.02. The van der Waals surface area contributed by atoms with Crippen molar-refractivity contribution in [3.63, 3.8) is 0 Å². The Morgan fingerprint density at radius 1 is 1.15 bits per heavy atom. The number of guanidine groups is 1. The number of anilines is 1. The average molecular weight is 472 g/mol. The first-order valence-electron chi connectivity index (χ1n) is 9.68. The van der Waals surface area contributed by atoms with Crippen LogP contribution in [0.5, 0.6) is 5.75 Å². The van der Waals surface area contributed by atoms with Gasteiger partial charge < -0.3 is 15.8 Å². The molecule has 0 unspecified atom stereocenters. The lowest BCUT2D eigenvalue weighted by Gasteiger charge is -2.47. The molecule has 0 atom stereocenters. The van der Waals surface area contributed by atoms with Crippen molar-refractivity contribution in [1.29, 1.82) is 0 Å². The number of nitrogens with two attached hydrogens (primary N) is 1. The van der Waals surface area contributed by atoms with Crippen LogP contribution in [0.2, 0.25) is 0 Å². The van der Waals surface area contributed by atoms with Crippen molar-refractivity contribution in [1.82, 2.24) is 4.90 Å². The first-order chi connectivity index (χ1) is 12.2. The summed E-state index contributed by atoms with van der Waals surface area (Å²) in [6, 6.07) is 7.78. The first-order valence-corrected chi connectivity index (χ1v) is 9.68. The summed E-state index contributed by atoms with van der Waals surface area (Å²) in [6.07, 6.45) is 10.5. The number of hydrogen-bond donors (Lipinski definition) is 2. The highest BCUT2D eigenvalue weighted by molar-refractivity contribution is 14.0. The van der Waals surface area contributed by atoms with Gasteiger partial charge in [0, 0.05) is 17.3 Å². The number of methoxy groups -OCH3 is 1. The lowest BCUT2D eigenvalue weighted by Crippen LogP contribution is -2.54. The second-order valence-corrected chi connectivity index (χ2v) is 7.39. The van der Waals surface area contributed by atoms with E-state index < -0.39 is 0 Å². The van der Waals surface area contributed by atoms with Crippen LogP contribution in [0.25, 0.3) is 0 Å². The molecule has 146 valence electrons. The molecule has 26 heavy (non-hydrogen) atoms. The third kappa shape index (κ3) is 5.49. The van der Waals surface area contributed by atoms with Crippen molar-refractivity contribution in [2.75, 3.05) is 32.1 Å². The molecule has 1 aromatic rings. The first kappa shape index (κ1) is 21.3. The fourth-order valence-electron chi connectivity index (χ4n) is 4.27. The third-order valence-electron chi connectivity index (χ3n) is 5.70. The molecule has 0 radical (unpaired) electrons. The van der Waals surface area contributed by atoms with Gasteiger partial charge in [-0.2, -0.15) is 0 Å². The molecule has 0 spiro atoms. The fraction of sp³-hybridized carbons (Fsp3) is 0.650. The van der Waals surface area contributed by atoms with Crippen LogP contribution >= 0.6 is 24.0 Å². The van der Waals surface area contributed by atoms with Crippen molar-refractivity contribution in [3.8, 4) is 5.75 Å². The van der Waals surface area contributed by atoms with Crippen molar-refractivity contribution >= 4 is 35.6 Å². The molecule has 1 aliphatic carbocycles. The molecule has 5 nitrogen and oxygen atoms in total. The van der Waals surface area contributed by atoms with Gasteiger partial charge in [0.05, 0.1) is 13.7 Å². The average Bonchev–Trinajstić information content (AvgIpc) is 2.68. The summed E-state index contributed by atoms with van der Waals surface area (Å²) in [4.78, 5) is 7.45. The lowest BCUT2D eigenvalue weighted by atomic mass is 9.79. The summed E-state index contributed by atoms with van der Waals surface area (Å²) in [7, 11) is 1.67. The van der Waals surface area contributed by atoms with Gasteiger partial charge in [-0.25, -0.2) is 0 Å².